The number of ether oxygens (including phenoxy) is 1. The Morgan fingerprint density at radius 3 is 2.84 bits per heavy atom. The molecule has 0 aromatic carbocycles. The average molecular weight is 344 g/mol. The second kappa shape index (κ2) is 7.33. The van der Waals surface area contributed by atoms with Gasteiger partial charge in [0.25, 0.3) is 11.8 Å². The van der Waals surface area contributed by atoms with E-state index in [1.807, 2.05) is 19.0 Å². The van der Waals surface area contributed by atoms with Crippen LogP contribution in [-0.4, -0.2) is 54.1 Å². The summed E-state index contributed by atoms with van der Waals surface area (Å²) in [5.74, 6) is 0.928. The minimum Gasteiger partial charge on any atom is -0.470 e. The fourth-order valence-electron chi connectivity index (χ4n) is 2.75. The van der Waals surface area contributed by atoms with E-state index in [2.05, 4.69) is 9.97 Å². The van der Waals surface area contributed by atoms with Gasteiger partial charge in [-0.15, -0.1) is 0 Å². The van der Waals surface area contributed by atoms with E-state index in [-0.39, 0.29) is 12.0 Å². The Kier molecular flexibility index (Phi) is 4.97. The van der Waals surface area contributed by atoms with Crippen LogP contribution in [0, 0.1) is 0 Å². The van der Waals surface area contributed by atoms with Crippen molar-refractivity contribution in [2.75, 3.05) is 32.1 Å². The number of anilines is 1. The summed E-state index contributed by atoms with van der Waals surface area (Å²) in [5.41, 5.74) is -0.121. The zero-order valence-corrected chi connectivity index (χ0v) is 14.2. The highest BCUT2D eigenvalue weighted by Crippen LogP contribution is 2.24. The molecule has 1 unspecified atom stereocenters. The Labute approximate surface area is 145 Å². The molecule has 132 valence electrons. The highest BCUT2D eigenvalue weighted by atomic mass is 16.5. The molecule has 8 heteroatoms. The van der Waals surface area contributed by atoms with E-state index in [1.54, 1.807) is 17.3 Å². The summed E-state index contributed by atoms with van der Waals surface area (Å²) in [5, 5.41) is 0. The zero-order chi connectivity index (χ0) is 17.8. The molecule has 3 rings (SSSR count). The number of likely N-dealkylation sites (tertiary alicyclic amines) is 1. The lowest BCUT2D eigenvalue weighted by atomic mass is 10.1. The molecule has 0 spiro atoms. The maximum Gasteiger partial charge on any atom is 0.335 e. The van der Waals surface area contributed by atoms with E-state index < -0.39 is 5.63 Å². The number of hydrogen-bond acceptors (Lipinski definition) is 7. The molecular formula is C17H20N4O4. The third-order valence-corrected chi connectivity index (χ3v) is 3.96. The molecule has 1 amide bonds. The number of aromatic nitrogens is 2. The van der Waals surface area contributed by atoms with Crippen LogP contribution < -0.4 is 15.3 Å². The summed E-state index contributed by atoms with van der Waals surface area (Å²) in [6, 6.07) is 2.72. The molecule has 1 fully saturated rings. The van der Waals surface area contributed by atoms with Crippen molar-refractivity contribution >= 4 is 11.7 Å². The number of hydrogen-bond donors (Lipinski definition) is 0. The molecule has 1 aliphatic rings. The van der Waals surface area contributed by atoms with Crippen molar-refractivity contribution in [3.05, 3.63) is 46.8 Å². The van der Waals surface area contributed by atoms with Gasteiger partial charge in [0, 0.05) is 39.1 Å². The number of carbonyl (C=O) groups is 1. The molecule has 0 bridgehead atoms. The van der Waals surface area contributed by atoms with Crippen LogP contribution in [0.2, 0.25) is 0 Å². The summed E-state index contributed by atoms with van der Waals surface area (Å²) in [6.45, 7) is 1.08. The van der Waals surface area contributed by atoms with E-state index in [0.29, 0.717) is 30.4 Å². The zero-order valence-electron chi connectivity index (χ0n) is 14.2. The highest BCUT2D eigenvalue weighted by Gasteiger charge is 2.27. The molecule has 2 aromatic rings. The maximum atomic E-state index is 12.6. The van der Waals surface area contributed by atoms with Crippen LogP contribution in [-0.2, 0) is 0 Å². The minimum absolute atomic E-state index is 0.163. The van der Waals surface area contributed by atoms with Crippen LogP contribution in [0.1, 0.15) is 23.2 Å². The van der Waals surface area contributed by atoms with Crippen LogP contribution in [0.4, 0.5) is 5.82 Å². The normalized spacial score (nSPS) is 17.2. The van der Waals surface area contributed by atoms with Gasteiger partial charge in [0.15, 0.2) is 5.82 Å². The molecule has 0 aliphatic carbocycles. The van der Waals surface area contributed by atoms with E-state index in [4.69, 9.17) is 9.15 Å². The van der Waals surface area contributed by atoms with Gasteiger partial charge in [-0.25, -0.2) is 14.8 Å². The second-order valence-corrected chi connectivity index (χ2v) is 6.06. The van der Waals surface area contributed by atoms with Crippen LogP contribution in [0.15, 0.2) is 40.0 Å². The van der Waals surface area contributed by atoms with Gasteiger partial charge in [-0.1, -0.05) is 0 Å². The fourth-order valence-corrected chi connectivity index (χ4v) is 2.75. The fraction of sp³-hybridized carbons (Fsp3) is 0.412. The topological polar surface area (TPSA) is 88.8 Å². The van der Waals surface area contributed by atoms with Gasteiger partial charge in [0.2, 0.25) is 0 Å². The molecule has 1 atom stereocenters. The lowest BCUT2D eigenvalue weighted by Gasteiger charge is -2.33. The average Bonchev–Trinajstić information content (AvgIpc) is 2.62. The first kappa shape index (κ1) is 16.9. The number of amides is 1. The molecule has 1 aliphatic heterocycles. The number of carbonyl (C=O) groups excluding carboxylic acids is 1. The smallest absolute Gasteiger partial charge is 0.335 e. The number of rotatable bonds is 4. The molecule has 0 radical (unpaired) electrons. The van der Waals surface area contributed by atoms with Crippen molar-refractivity contribution in [2.24, 2.45) is 0 Å². The summed E-state index contributed by atoms with van der Waals surface area (Å²) in [6.07, 6.45) is 5.88. The van der Waals surface area contributed by atoms with Gasteiger partial charge in [0.05, 0.1) is 12.1 Å². The third-order valence-electron chi connectivity index (χ3n) is 3.96. The Bertz CT molecular complexity index is 785. The predicted octanol–water partition coefficient (Wildman–Crippen LogP) is 1.18. The Morgan fingerprint density at radius 2 is 2.12 bits per heavy atom. The van der Waals surface area contributed by atoms with Crippen molar-refractivity contribution in [2.45, 2.75) is 18.9 Å². The monoisotopic (exact) mass is 344 g/mol. The molecule has 8 nitrogen and oxygen atoms in total. The molecule has 1 saturated heterocycles. The molecule has 2 aromatic heterocycles. The quantitative estimate of drug-likeness (QED) is 0.823. The van der Waals surface area contributed by atoms with E-state index in [1.165, 1.54) is 18.4 Å². The Morgan fingerprint density at radius 1 is 1.32 bits per heavy atom. The maximum absolute atomic E-state index is 12.6. The largest absolute Gasteiger partial charge is 0.470 e. The van der Waals surface area contributed by atoms with Crippen LogP contribution in [0.25, 0.3) is 0 Å². The lowest BCUT2D eigenvalue weighted by molar-refractivity contribution is 0.0526. The first-order valence-electron chi connectivity index (χ1n) is 8.07. The van der Waals surface area contributed by atoms with Crippen LogP contribution >= 0.6 is 0 Å². The van der Waals surface area contributed by atoms with Crippen molar-refractivity contribution in [3.63, 3.8) is 0 Å². The number of piperidine rings is 1. The van der Waals surface area contributed by atoms with E-state index >= 15 is 0 Å². The summed E-state index contributed by atoms with van der Waals surface area (Å²) in [4.78, 5) is 35.6. The van der Waals surface area contributed by atoms with E-state index in [9.17, 15) is 9.59 Å². The minimum atomic E-state index is -0.477. The van der Waals surface area contributed by atoms with Gasteiger partial charge in [-0.3, -0.25) is 4.79 Å². The van der Waals surface area contributed by atoms with Crippen LogP contribution in [0.3, 0.4) is 0 Å². The van der Waals surface area contributed by atoms with E-state index in [0.717, 1.165) is 12.8 Å². The molecule has 3 heterocycles. The van der Waals surface area contributed by atoms with Gasteiger partial charge >= 0.3 is 5.63 Å². The van der Waals surface area contributed by atoms with Gasteiger partial charge in [-0.2, -0.15) is 0 Å². The van der Waals surface area contributed by atoms with Gasteiger partial charge < -0.3 is 19.0 Å². The molecule has 25 heavy (non-hydrogen) atoms. The summed E-state index contributed by atoms with van der Waals surface area (Å²) in [7, 11) is 3.74. The van der Waals surface area contributed by atoms with Crippen molar-refractivity contribution < 1.29 is 13.9 Å². The third kappa shape index (κ3) is 3.96. The first-order valence-corrected chi connectivity index (χ1v) is 8.07. The number of nitrogens with zero attached hydrogens (tertiary/aromatic N) is 4. The Balaban J connectivity index is 1.70. The second-order valence-electron chi connectivity index (χ2n) is 6.06. The van der Waals surface area contributed by atoms with Crippen molar-refractivity contribution in [3.8, 4) is 5.88 Å². The standard InChI is InChI=1S/C17H20N4O4/c1-20(2)15-16(19-8-7-18-15)25-13-4-3-9-21(10-13)17(23)12-5-6-14(22)24-11-12/h5-8,11,13H,3-4,9-10H2,1-2H3. The highest BCUT2D eigenvalue weighted by molar-refractivity contribution is 5.93. The molecular weight excluding hydrogens is 324 g/mol. The summed E-state index contributed by atoms with van der Waals surface area (Å²) < 4.78 is 10.8. The molecule has 0 N–H and O–H groups in total. The predicted molar refractivity (Wildman–Crippen MR) is 90.9 cm³/mol. The van der Waals surface area contributed by atoms with Crippen molar-refractivity contribution in [1.29, 1.82) is 0 Å². The Hall–Kier alpha value is -2.90. The molecule has 0 saturated carbocycles. The van der Waals surface area contributed by atoms with Crippen LogP contribution in [0.5, 0.6) is 5.88 Å². The SMILES string of the molecule is CN(C)c1nccnc1OC1CCCN(C(=O)c2ccc(=O)oc2)C1. The van der Waals surface area contributed by atoms with Crippen molar-refractivity contribution in [1.82, 2.24) is 14.9 Å². The van der Waals surface area contributed by atoms with Gasteiger partial charge in [-0.05, 0) is 18.9 Å². The first-order chi connectivity index (χ1) is 12.0. The lowest BCUT2D eigenvalue weighted by Crippen LogP contribution is -2.44. The summed E-state index contributed by atoms with van der Waals surface area (Å²) >= 11 is 0. The van der Waals surface area contributed by atoms with Gasteiger partial charge in [0.1, 0.15) is 12.4 Å².